The molecule has 0 aliphatic heterocycles. The van der Waals surface area contributed by atoms with Crippen molar-refractivity contribution in [2.45, 2.75) is 19.9 Å². The number of hydrogen-bond donors (Lipinski definition) is 3. The Kier molecular flexibility index (Phi) is 3.42. The highest BCUT2D eigenvalue weighted by molar-refractivity contribution is 6.33. The lowest BCUT2D eigenvalue weighted by atomic mass is 10.1. The number of nitrogens with two attached hydrogens (primary N) is 2. The van der Waals surface area contributed by atoms with Gasteiger partial charge in [0.25, 0.3) is 0 Å². The minimum atomic E-state index is -0.441. The number of nitrogen functional groups attached to an aromatic ring is 1. The monoisotopic (exact) mass is 227 g/mol. The number of anilines is 2. The average Bonchev–Trinajstić information content (AvgIpc) is 2.13. The second-order valence-electron chi connectivity index (χ2n) is 3.46. The number of primary amides is 1. The molecule has 1 aromatic carbocycles. The van der Waals surface area contributed by atoms with Crippen molar-refractivity contribution in [3.8, 4) is 0 Å². The van der Waals surface area contributed by atoms with Crippen molar-refractivity contribution in [1.82, 2.24) is 0 Å². The Labute approximate surface area is 93.6 Å². The third kappa shape index (κ3) is 2.76. The maximum atomic E-state index is 10.9. The zero-order chi connectivity index (χ0) is 11.6. The number of amides is 1. The van der Waals surface area contributed by atoms with E-state index in [1.54, 1.807) is 19.1 Å². The molecule has 0 spiro atoms. The number of halogens is 1. The minimum absolute atomic E-state index is 0.414. The summed E-state index contributed by atoms with van der Waals surface area (Å²) in [6.07, 6.45) is 0. The van der Waals surface area contributed by atoms with Crippen molar-refractivity contribution in [3.63, 3.8) is 0 Å². The Bertz CT molecular complexity index is 392. The molecule has 0 saturated heterocycles. The molecule has 1 aromatic rings. The molecule has 0 saturated carbocycles. The lowest BCUT2D eigenvalue weighted by Gasteiger charge is -2.15. The number of carbonyl (C=O) groups excluding carboxylic acids is 1. The minimum Gasteiger partial charge on any atom is -0.398 e. The first-order valence-electron chi connectivity index (χ1n) is 4.53. The van der Waals surface area contributed by atoms with Crippen molar-refractivity contribution in [1.29, 1.82) is 0 Å². The molecule has 15 heavy (non-hydrogen) atoms. The number of nitrogens with one attached hydrogen (secondary N) is 1. The van der Waals surface area contributed by atoms with Crippen LogP contribution in [0.4, 0.5) is 11.4 Å². The Morgan fingerprint density at radius 1 is 1.53 bits per heavy atom. The first kappa shape index (κ1) is 11.7. The van der Waals surface area contributed by atoms with Crippen molar-refractivity contribution >= 4 is 28.9 Å². The summed E-state index contributed by atoms with van der Waals surface area (Å²) in [4.78, 5) is 10.9. The molecular weight excluding hydrogens is 214 g/mol. The van der Waals surface area contributed by atoms with E-state index >= 15 is 0 Å². The highest BCUT2D eigenvalue weighted by Gasteiger charge is 2.10. The molecule has 0 aliphatic rings. The molecular formula is C10H14ClN3O. The van der Waals surface area contributed by atoms with Gasteiger partial charge in [0.15, 0.2) is 0 Å². The molecule has 0 aromatic heterocycles. The van der Waals surface area contributed by atoms with Crippen LogP contribution in [-0.4, -0.2) is 11.9 Å². The van der Waals surface area contributed by atoms with Crippen LogP contribution in [0.15, 0.2) is 12.1 Å². The van der Waals surface area contributed by atoms with Crippen LogP contribution in [0, 0.1) is 6.92 Å². The fourth-order valence-corrected chi connectivity index (χ4v) is 1.33. The lowest BCUT2D eigenvalue weighted by Crippen LogP contribution is -2.32. The van der Waals surface area contributed by atoms with Crippen LogP contribution in [0.25, 0.3) is 0 Å². The van der Waals surface area contributed by atoms with Gasteiger partial charge in [-0.2, -0.15) is 0 Å². The number of rotatable bonds is 3. The second-order valence-corrected chi connectivity index (χ2v) is 3.86. The van der Waals surface area contributed by atoms with Crippen LogP contribution < -0.4 is 16.8 Å². The maximum Gasteiger partial charge on any atom is 0.239 e. The highest BCUT2D eigenvalue weighted by atomic mass is 35.5. The smallest absolute Gasteiger partial charge is 0.239 e. The van der Waals surface area contributed by atoms with E-state index in [0.717, 1.165) is 11.3 Å². The molecule has 1 atom stereocenters. The van der Waals surface area contributed by atoms with Gasteiger partial charge in [0.05, 0.1) is 10.7 Å². The molecule has 82 valence electrons. The zero-order valence-electron chi connectivity index (χ0n) is 8.67. The van der Waals surface area contributed by atoms with Crippen molar-refractivity contribution in [3.05, 3.63) is 22.7 Å². The van der Waals surface area contributed by atoms with Gasteiger partial charge in [0.2, 0.25) is 5.91 Å². The molecule has 0 fully saturated rings. The molecule has 1 rings (SSSR count). The summed E-state index contributed by atoms with van der Waals surface area (Å²) in [7, 11) is 0. The molecule has 4 nitrogen and oxygen atoms in total. The van der Waals surface area contributed by atoms with Gasteiger partial charge in [-0.15, -0.1) is 0 Å². The van der Waals surface area contributed by atoms with E-state index in [-0.39, 0.29) is 0 Å². The second kappa shape index (κ2) is 4.40. The van der Waals surface area contributed by atoms with Gasteiger partial charge < -0.3 is 16.8 Å². The van der Waals surface area contributed by atoms with Crippen LogP contribution in [-0.2, 0) is 4.79 Å². The Hall–Kier alpha value is -1.42. The van der Waals surface area contributed by atoms with Gasteiger partial charge >= 0.3 is 0 Å². The van der Waals surface area contributed by atoms with Gasteiger partial charge in [-0.05, 0) is 31.5 Å². The zero-order valence-corrected chi connectivity index (χ0v) is 9.43. The number of benzene rings is 1. The quantitative estimate of drug-likeness (QED) is 0.685. The average molecular weight is 228 g/mol. The van der Waals surface area contributed by atoms with E-state index in [4.69, 9.17) is 23.1 Å². The lowest BCUT2D eigenvalue weighted by molar-refractivity contribution is -0.118. The van der Waals surface area contributed by atoms with E-state index in [1.165, 1.54) is 0 Å². The van der Waals surface area contributed by atoms with Crippen molar-refractivity contribution < 1.29 is 4.79 Å². The molecule has 5 N–H and O–H groups in total. The van der Waals surface area contributed by atoms with E-state index < -0.39 is 11.9 Å². The number of aryl methyl sites for hydroxylation is 1. The van der Waals surface area contributed by atoms with E-state index in [1.807, 2.05) is 6.92 Å². The summed E-state index contributed by atoms with van der Waals surface area (Å²) < 4.78 is 0. The van der Waals surface area contributed by atoms with Crippen molar-refractivity contribution in [2.24, 2.45) is 5.73 Å². The largest absolute Gasteiger partial charge is 0.398 e. The standard InChI is InChI=1S/C10H14ClN3O/c1-5-3-8(12)7(11)4-9(5)14-6(2)10(13)15/h3-4,6,14H,12H2,1-2H3,(H2,13,15). The Morgan fingerprint density at radius 3 is 2.67 bits per heavy atom. The SMILES string of the molecule is Cc1cc(N)c(Cl)cc1NC(C)C(N)=O. The fourth-order valence-electron chi connectivity index (χ4n) is 1.16. The Morgan fingerprint density at radius 2 is 2.13 bits per heavy atom. The van der Waals surface area contributed by atoms with Crippen LogP contribution >= 0.6 is 11.6 Å². The van der Waals surface area contributed by atoms with Gasteiger partial charge in [0, 0.05) is 5.69 Å². The van der Waals surface area contributed by atoms with Crippen LogP contribution in [0.2, 0.25) is 5.02 Å². The van der Waals surface area contributed by atoms with Crippen LogP contribution in [0.5, 0.6) is 0 Å². The predicted molar refractivity (Wildman–Crippen MR) is 62.9 cm³/mol. The fraction of sp³-hybridized carbons (Fsp3) is 0.300. The summed E-state index contributed by atoms with van der Waals surface area (Å²) in [5.41, 5.74) is 13.0. The summed E-state index contributed by atoms with van der Waals surface area (Å²) in [6, 6.07) is 2.99. The number of hydrogen-bond acceptors (Lipinski definition) is 3. The molecule has 5 heteroatoms. The van der Waals surface area contributed by atoms with Gasteiger partial charge in [-0.1, -0.05) is 11.6 Å². The highest BCUT2D eigenvalue weighted by Crippen LogP contribution is 2.26. The van der Waals surface area contributed by atoms with Crippen LogP contribution in [0.3, 0.4) is 0 Å². The van der Waals surface area contributed by atoms with Gasteiger partial charge in [0.1, 0.15) is 6.04 Å². The first-order valence-corrected chi connectivity index (χ1v) is 4.91. The predicted octanol–water partition coefficient (Wildman–Crippen LogP) is 1.52. The normalized spacial score (nSPS) is 12.2. The van der Waals surface area contributed by atoms with E-state index in [0.29, 0.717) is 10.7 Å². The maximum absolute atomic E-state index is 10.9. The summed E-state index contributed by atoms with van der Waals surface area (Å²) >= 11 is 5.87. The van der Waals surface area contributed by atoms with Gasteiger partial charge in [-0.25, -0.2) is 0 Å². The molecule has 1 amide bonds. The van der Waals surface area contributed by atoms with Crippen LogP contribution in [0.1, 0.15) is 12.5 Å². The summed E-state index contributed by atoms with van der Waals surface area (Å²) in [5, 5.41) is 3.42. The summed E-state index contributed by atoms with van der Waals surface area (Å²) in [6.45, 7) is 3.56. The molecule has 0 radical (unpaired) electrons. The first-order chi connectivity index (χ1) is 6.91. The van der Waals surface area contributed by atoms with Crippen molar-refractivity contribution in [2.75, 3.05) is 11.1 Å². The topological polar surface area (TPSA) is 81.1 Å². The number of carbonyl (C=O) groups is 1. The van der Waals surface area contributed by atoms with E-state index in [9.17, 15) is 4.79 Å². The third-order valence-corrected chi connectivity index (χ3v) is 2.47. The molecule has 0 heterocycles. The molecule has 0 aliphatic carbocycles. The molecule has 0 bridgehead atoms. The summed E-state index contributed by atoms with van der Waals surface area (Å²) in [5.74, 6) is -0.414. The Balaban J connectivity index is 2.95. The molecule has 1 unspecified atom stereocenters. The third-order valence-electron chi connectivity index (χ3n) is 2.14. The van der Waals surface area contributed by atoms with Gasteiger partial charge in [-0.3, -0.25) is 4.79 Å². The van der Waals surface area contributed by atoms with E-state index in [2.05, 4.69) is 5.32 Å².